The molecule has 0 aliphatic carbocycles. The van der Waals surface area contributed by atoms with Gasteiger partial charge in [-0.05, 0) is 18.6 Å². The summed E-state index contributed by atoms with van der Waals surface area (Å²) in [4.78, 5) is 13.4. The molecule has 1 heterocycles. The second kappa shape index (κ2) is 6.84. The Hall–Kier alpha value is -1.42. The summed E-state index contributed by atoms with van der Waals surface area (Å²) in [6.07, 6.45) is 1.73. The highest BCUT2D eigenvalue weighted by Crippen LogP contribution is 2.13. The molecule has 1 aliphatic rings. The van der Waals surface area contributed by atoms with E-state index in [4.69, 9.17) is 0 Å². The molecule has 0 saturated carbocycles. The molecule has 1 aliphatic heterocycles. The van der Waals surface area contributed by atoms with E-state index in [9.17, 15) is 9.18 Å². The lowest BCUT2D eigenvalue weighted by atomic mass is 9.92. The molecule has 1 aromatic rings. The number of anilines is 1. The van der Waals surface area contributed by atoms with Crippen molar-refractivity contribution >= 4 is 11.6 Å². The van der Waals surface area contributed by atoms with E-state index in [-0.39, 0.29) is 17.4 Å². The molecule has 110 valence electrons. The highest BCUT2D eigenvalue weighted by Gasteiger charge is 2.25. The molecule has 2 N–H and O–H groups in total. The highest BCUT2D eigenvalue weighted by molar-refractivity contribution is 5.90. The lowest BCUT2D eigenvalue weighted by molar-refractivity contribution is -0.911. The molecule has 20 heavy (non-hydrogen) atoms. The Balaban J connectivity index is 1.79. The zero-order valence-electron chi connectivity index (χ0n) is 12.3. The molecule has 1 aromatic carbocycles. The molecule has 0 bridgehead atoms. The normalized spacial score (nSPS) is 26.2. The maximum Gasteiger partial charge on any atom is 0.230 e. The van der Waals surface area contributed by atoms with Crippen LogP contribution in [0.4, 0.5) is 10.1 Å². The van der Waals surface area contributed by atoms with E-state index in [1.54, 1.807) is 18.2 Å². The number of carbonyl (C=O) groups excluding carboxylic acids is 1. The molecule has 0 unspecified atom stereocenters. The largest absolute Gasteiger partial charge is 0.334 e. The van der Waals surface area contributed by atoms with E-state index in [2.05, 4.69) is 19.2 Å². The van der Waals surface area contributed by atoms with Crippen molar-refractivity contribution in [1.82, 2.24) is 0 Å². The molecule has 0 radical (unpaired) electrons. The minimum Gasteiger partial charge on any atom is -0.334 e. The van der Waals surface area contributed by atoms with Crippen LogP contribution in [0.3, 0.4) is 0 Å². The van der Waals surface area contributed by atoms with Crippen LogP contribution in [0.15, 0.2) is 24.3 Å². The van der Waals surface area contributed by atoms with E-state index in [0.717, 1.165) is 31.5 Å². The van der Waals surface area contributed by atoms with Gasteiger partial charge in [-0.3, -0.25) is 4.79 Å². The summed E-state index contributed by atoms with van der Waals surface area (Å²) in [6.45, 7) is 7.65. The maximum absolute atomic E-state index is 13.4. The molecule has 1 fully saturated rings. The Labute approximate surface area is 120 Å². The fourth-order valence-electron chi connectivity index (χ4n) is 3.19. The third-order valence-corrected chi connectivity index (χ3v) is 3.93. The van der Waals surface area contributed by atoms with E-state index in [1.807, 2.05) is 0 Å². The Morgan fingerprint density at radius 1 is 1.30 bits per heavy atom. The molecule has 2 rings (SSSR count). The number of hydrogen-bond donors (Lipinski definition) is 2. The van der Waals surface area contributed by atoms with Crippen LogP contribution in [0, 0.1) is 17.7 Å². The van der Waals surface area contributed by atoms with Gasteiger partial charge in [0.25, 0.3) is 0 Å². The van der Waals surface area contributed by atoms with Crippen molar-refractivity contribution in [2.45, 2.75) is 26.7 Å². The minimum absolute atomic E-state index is 0.103. The van der Waals surface area contributed by atoms with Gasteiger partial charge >= 0.3 is 0 Å². The van der Waals surface area contributed by atoms with Crippen LogP contribution in [0.2, 0.25) is 0 Å². The van der Waals surface area contributed by atoms with Crippen molar-refractivity contribution in [3.05, 3.63) is 30.1 Å². The van der Waals surface area contributed by atoms with Crippen LogP contribution in [-0.4, -0.2) is 25.5 Å². The number of hydrogen-bond acceptors (Lipinski definition) is 1. The number of nitrogens with one attached hydrogen (secondary N) is 2. The summed E-state index contributed by atoms with van der Waals surface area (Å²) in [5, 5.41) is 2.64. The summed E-state index contributed by atoms with van der Waals surface area (Å²) >= 11 is 0. The topological polar surface area (TPSA) is 33.5 Å². The molecule has 2 atom stereocenters. The maximum atomic E-state index is 13.4. The number of likely N-dealkylation sites (tertiary alicyclic amines) is 1. The Kier molecular flexibility index (Phi) is 5.12. The summed E-state index contributed by atoms with van der Waals surface area (Å²) in [7, 11) is 0. The van der Waals surface area contributed by atoms with Crippen LogP contribution in [-0.2, 0) is 4.79 Å². The second-order valence-electron chi connectivity index (χ2n) is 6.13. The van der Waals surface area contributed by atoms with Gasteiger partial charge in [-0.2, -0.15) is 0 Å². The van der Waals surface area contributed by atoms with Crippen molar-refractivity contribution in [2.24, 2.45) is 11.8 Å². The average molecular weight is 279 g/mol. The van der Waals surface area contributed by atoms with Crippen molar-refractivity contribution in [3.8, 4) is 0 Å². The van der Waals surface area contributed by atoms with Crippen molar-refractivity contribution in [1.29, 1.82) is 0 Å². The van der Waals surface area contributed by atoms with Gasteiger partial charge in [0, 0.05) is 11.8 Å². The predicted octanol–water partition coefficient (Wildman–Crippen LogP) is 1.72. The second-order valence-corrected chi connectivity index (χ2v) is 6.13. The first-order valence-electron chi connectivity index (χ1n) is 7.42. The van der Waals surface area contributed by atoms with Gasteiger partial charge in [0.15, 0.2) is 0 Å². The molecule has 0 aromatic heterocycles. The van der Waals surface area contributed by atoms with Gasteiger partial charge in [0.1, 0.15) is 5.82 Å². The molecule has 0 spiro atoms. The molecule has 1 saturated heterocycles. The number of benzene rings is 1. The molecular weight excluding hydrogens is 255 g/mol. The monoisotopic (exact) mass is 279 g/mol. The van der Waals surface area contributed by atoms with Crippen molar-refractivity contribution in [3.63, 3.8) is 0 Å². The number of para-hydroxylation sites is 1. The Morgan fingerprint density at radius 3 is 2.60 bits per heavy atom. The first-order valence-corrected chi connectivity index (χ1v) is 7.42. The van der Waals surface area contributed by atoms with Crippen LogP contribution < -0.4 is 10.2 Å². The van der Waals surface area contributed by atoms with Gasteiger partial charge < -0.3 is 10.2 Å². The lowest BCUT2D eigenvalue weighted by Gasteiger charge is -2.31. The van der Waals surface area contributed by atoms with Crippen molar-refractivity contribution in [2.75, 3.05) is 25.0 Å². The molecule has 1 amide bonds. The number of amides is 1. The number of carbonyl (C=O) groups is 1. The molecule has 4 heteroatoms. The van der Waals surface area contributed by atoms with Crippen LogP contribution in [0.5, 0.6) is 0 Å². The summed E-state index contributed by atoms with van der Waals surface area (Å²) in [5.74, 6) is 0.966. The number of piperidine rings is 1. The summed E-state index contributed by atoms with van der Waals surface area (Å²) < 4.78 is 13.4. The predicted molar refractivity (Wildman–Crippen MR) is 78.2 cm³/mol. The van der Waals surface area contributed by atoms with Gasteiger partial charge in [-0.1, -0.05) is 26.0 Å². The number of halogens is 1. The van der Waals surface area contributed by atoms with Gasteiger partial charge in [0.05, 0.1) is 31.7 Å². The fourth-order valence-corrected chi connectivity index (χ4v) is 3.19. The van der Waals surface area contributed by atoms with Gasteiger partial charge in [0.2, 0.25) is 5.91 Å². The smallest absolute Gasteiger partial charge is 0.230 e. The van der Waals surface area contributed by atoms with Gasteiger partial charge in [-0.25, -0.2) is 4.39 Å². The van der Waals surface area contributed by atoms with E-state index < -0.39 is 0 Å². The third-order valence-electron chi connectivity index (χ3n) is 3.93. The first-order chi connectivity index (χ1) is 9.54. The third kappa shape index (κ3) is 4.30. The summed E-state index contributed by atoms with van der Waals surface area (Å²) in [5.41, 5.74) is 0.271. The highest BCUT2D eigenvalue weighted by atomic mass is 19.1. The zero-order chi connectivity index (χ0) is 14.5. The lowest BCUT2D eigenvalue weighted by Crippen LogP contribution is -3.14. The molecule has 3 nitrogen and oxygen atoms in total. The Bertz CT molecular complexity index is 454. The van der Waals surface area contributed by atoms with Crippen LogP contribution in [0.25, 0.3) is 0 Å². The van der Waals surface area contributed by atoms with Crippen molar-refractivity contribution < 1.29 is 14.1 Å². The quantitative estimate of drug-likeness (QED) is 0.864. The van der Waals surface area contributed by atoms with E-state index in [1.165, 1.54) is 17.4 Å². The number of rotatable bonds is 4. The number of quaternary nitrogens is 1. The average Bonchev–Trinajstić information content (AvgIpc) is 2.38. The van der Waals surface area contributed by atoms with E-state index in [0.29, 0.717) is 6.42 Å². The van der Waals surface area contributed by atoms with Crippen LogP contribution in [0.1, 0.15) is 26.7 Å². The SMILES string of the molecule is C[C@H]1C[C@H](C)C[NH+](CCC(=O)Nc2ccccc2F)C1. The standard InChI is InChI=1S/C16H23FN2O/c1-12-9-13(2)11-19(10-12)8-7-16(20)18-15-6-4-3-5-14(15)17/h3-6,12-13H,7-11H2,1-2H3,(H,18,20)/p+1/t12-,13-/m0/s1. The summed E-state index contributed by atoms with van der Waals surface area (Å²) in [6, 6.07) is 6.28. The first kappa shape index (κ1) is 15.0. The zero-order valence-corrected chi connectivity index (χ0v) is 12.3. The van der Waals surface area contributed by atoms with E-state index >= 15 is 0 Å². The minimum atomic E-state index is -0.381. The fraction of sp³-hybridized carbons (Fsp3) is 0.562. The molecular formula is C16H24FN2O+. The Morgan fingerprint density at radius 2 is 1.95 bits per heavy atom. The van der Waals surface area contributed by atoms with Crippen LogP contribution >= 0.6 is 0 Å². The van der Waals surface area contributed by atoms with Gasteiger partial charge in [-0.15, -0.1) is 0 Å².